The van der Waals surface area contributed by atoms with Crippen LogP contribution in [0.1, 0.15) is 35.0 Å². The molecule has 1 fully saturated rings. The van der Waals surface area contributed by atoms with Gasteiger partial charge in [-0.15, -0.1) is 21.5 Å². The first-order valence-electron chi connectivity index (χ1n) is 10.9. The summed E-state index contributed by atoms with van der Waals surface area (Å²) in [4.78, 5) is 16.7. The van der Waals surface area contributed by atoms with Crippen molar-refractivity contribution in [3.05, 3.63) is 83.1 Å². The molecule has 1 aliphatic heterocycles. The maximum atomic E-state index is 13.2. The highest BCUT2D eigenvalue weighted by atomic mass is 32.1. The van der Waals surface area contributed by atoms with E-state index in [1.54, 1.807) is 22.3 Å². The van der Waals surface area contributed by atoms with Crippen LogP contribution in [-0.2, 0) is 11.0 Å². The van der Waals surface area contributed by atoms with Crippen LogP contribution in [-0.4, -0.2) is 38.5 Å². The van der Waals surface area contributed by atoms with Gasteiger partial charge in [-0.05, 0) is 48.7 Å². The summed E-state index contributed by atoms with van der Waals surface area (Å²) in [7, 11) is 0. The fourth-order valence-corrected chi connectivity index (χ4v) is 5.12. The zero-order valence-corrected chi connectivity index (χ0v) is 18.9. The van der Waals surface area contributed by atoms with E-state index in [0.29, 0.717) is 24.6 Å². The SMILES string of the molecule is O=C(/C=C/c1ccc(-c2ccccc2)s1)N1CCCC(c2nnc3ccc(C(F)(F)F)cn23)C1. The molecule has 4 heterocycles. The highest BCUT2D eigenvalue weighted by Crippen LogP contribution is 2.32. The lowest BCUT2D eigenvalue weighted by Gasteiger charge is -2.31. The Hall–Kier alpha value is -3.46. The maximum Gasteiger partial charge on any atom is 0.417 e. The van der Waals surface area contributed by atoms with E-state index in [0.717, 1.165) is 40.4 Å². The quantitative estimate of drug-likeness (QED) is 0.341. The number of hydrogen-bond donors (Lipinski definition) is 0. The van der Waals surface area contributed by atoms with Gasteiger partial charge in [0, 0.05) is 41.0 Å². The van der Waals surface area contributed by atoms with Crippen LogP contribution < -0.4 is 0 Å². The summed E-state index contributed by atoms with van der Waals surface area (Å²) < 4.78 is 40.9. The first kappa shape index (κ1) is 22.3. The van der Waals surface area contributed by atoms with Gasteiger partial charge in [-0.1, -0.05) is 30.3 Å². The molecule has 0 N–H and O–H groups in total. The molecule has 34 heavy (non-hydrogen) atoms. The summed E-state index contributed by atoms with van der Waals surface area (Å²) in [5.41, 5.74) is 0.739. The Balaban J connectivity index is 1.30. The molecule has 0 radical (unpaired) electrons. The Labute approximate surface area is 198 Å². The second-order valence-corrected chi connectivity index (χ2v) is 9.34. The Kier molecular flexibility index (Phi) is 5.95. The van der Waals surface area contributed by atoms with Crippen molar-refractivity contribution in [3.8, 4) is 10.4 Å². The van der Waals surface area contributed by atoms with Gasteiger partial charge in [-0.3, -0.25) is 9.20 Å². The van der Waals surface area contributed by atoms with Crippen molar-refractivity contribution in [2.75, 3.05) is 13.1 Å². The number of pyridine rings is 1. The third-order valence-electron chi connectivity index (χ3n) is 5.93. The lowest BCUT2D eigenvalue weighted by molar-refractivity contribution is -0.137. The van der Waals surface area contributed by atoms with Crippen molar-refractivity contribution in [1.29, 1.82) is 0 Å². The van der Waals surface area contributed by atoms with Gasteiger partial charge in [0.05, 0.1) is 5.56 Å². The maximum absolute atomic E-state index is 13.2. The molecule has 5 nitrogen and oxygen atoms in total. The zero-order valence-electron chi connectivity index (χ0n) is 18.1. The minimum absolute atomic E-state index is 0.121. The van der Waals surface area contributed by atoms with Crippen molar-refractivity contribution in [1.82, 2.24) is 19.5 Å². The topological polar surface area (TPSA) is 50.5 Å². The van der Waals surface area contributed by atoms with E-state index in [1.165, 1.54) is 10.5 Å². The zero-order chi connectivity index (χ0) is 23.7. The van der Waals surface area contributed by atoms with Crippen LogP contribution in [0.4, 0.5) is 13.2 Å². The number of carbonyl (C=O) groups excluding carboxylic acids is 1. The summed E-state index contributed by atoms with van der Waals surface area (Å²) >= 11 is 1.61. The minimum Gasteiger partial charge on any atom is -0.338 e. The Morgan fingerprint density at radius 3 is 2.68 bits per heavy atom. The normalized spacial score (nSPS) is 17.0. The number of fused-ring (bicyclic) bond motifs is 1. The van der Waals surface area contributed by atoms with Gasteiger partial charge in [0.15, 0.2) is 5.65 Å². The number of carbonyl (C=O) groups is 1. The molecule has 1 aromatic carbocycles. The summed E-state index contributed by atoms with van der Waals surface area (Å²) in [5.74, 6) is 0.147. The fraction of sp³-hybridized carbons (Fsp3) is 0.240. The molecule has 1 amide bonds. The number of aromatic nitrogens is 3. The van der Waals surface area contributed by atoms with E-state index in [1.807, 2.05) is 48.5 Å². The van der Waals surface area contributed by atoms with Gasteiger partial charge in [0.2, 0.25) is 5.91 Å². The van der Waals surface area contributed by atoms with Crippen LogP contribution in [0.3, 0.4) is 0 Å². The molecular formula is C25H21F3N4OS. The molecule has 3 aromatic heterocycles. The second kappa shape index (κ2) is 9.06. The number of alkyl halides is 3. The van der Waals surface area contributed by atoms with Gasteiger partial charge in [-0.25, -0.2) is 0 Å². The number of thiophene rings is 1. The molecule has 174 valence electrons. The summed E-state index contributed by atoms with van der Waals surface area (Å²) in [6, 6.07) is 16.4. The third-order valence-corrected chi connectivity index (χ3v) is 7.03. The molecule has 0 bridgehead atoms. The number of rotatable bonds is 4. The van der Waals surface area contributed by atoms with E-state index >= 15 is 0 Å². The van der Waals surface area contributed by atoms with Crippen LogP contribution in [0, 0.1) is 0 Å². The minimum atomic E-state index is -4.45. The molecule has 1 saturated heterocycles. The van der Waals surface area contributed by atoms with Gasteiger partial charge < -0.3 is 4.90 Å². The van der Waals surface area contributed by atoms with Crippen molar-refractivity contribution in [3.63, 3.8) is 0 Å². The molecule has 4 aromatic rings. The highest BCUT2D eigenvalue weighted by molar-refractivity contribution is 7.16. The third kappa shape index (κ3) is 4.61. The first-order valence-corrected chi connectivity index (χ1v) is 11.7. The van der Waals surface area contributed by atoms with Crippen molar-refractivity contribution < 1.29 is 18.0 Å². The fourth-order valence-electron chi connectivity index (χ4n) is 4.20. The average Bonchev–Trinajstić information content (AvgIpc) is 3.49. The van der Waals surface area contributed by atoms with E-state index < -0.39 is 11.7 Å². The molecule has 5 rings (SSSR count). The molecule has 1 atom stereocenters. The molecule has 0 saturated carbocycles. The Morgan fingerprint density at radius 1 is 1.06 bits per heavy atom. The van der Waals surface area contributed by atoms with Crippen LogP contribution in [0.2, 0.25) is 0 Å². The van der Waals surface area contributed by atoms with Crippen LogP contribution in [0.25, 0.3) is 22.2 Å². The van der Waals surface area contributed by atoms with Crippen molar-refractivity contribution in [2.24, 2.45) is 0 Å². The standard InChI is InChI=1S/C25H21F3N4OS/c26-25(27,28)19-8-12-22-29-30-24(32(22)16-19)18-7-4-14-31(15-18)23(33)13-10-20-9-11-21(34-20)17-5-2-1-3-6-17/h1-3,5-6,8-13,16,18H,4,7,14-15H2/b13-10+. The summed E-state index contributed by atoms with van der Waals surface area (Å²) in [5, 5.41) is 8.17. The molecule has 0 spiro atoms. The van der Waals surface area contributed by atoms with Gasteiger partial charge in [0.1, 0.15) is 5.82 Å². The van der Waals surface area contributed by atoms with Gasteiger partial charge in [-0.2, -0.15) is 13.2 Å². The molecule has 0 aliphatic carbocycles. The number of amides is 1. The van der Waals surface area contributed by atoms with Crippen LogP contribution >= 0.6 is 11.3 Å². The monoisotopic (exact) mass is 482 g/mol. The molecule has 1 unspecified atom stereocenters. The predicted octanol–water partition coefficient (Wildman–Crippen LogP) is 5.90. The lowest BCUT2D eigenvalue weighted by atomic mass is 9.97. The van der Waals surface area contributed by atoms with E-state index in [2.05, 4.69) is 10.2 Å². The number of halogens is 3. The van der Waals surface area contributed by atoms with Crippen molar-refractivity contribution in [2.45, 2.75) is 24.9 Å². The number of hydrogen-bond acceptors (Lipinski definition) is 4. The Morgan fingerprint density at radius 2 is 1.88 bits per heavy atom. The second-order valence-electron chi connectivity index (χ2n) is 8.23. The number of piperidine rings is 1. The number of nitrogens with zero attached hydrogens (tertiary/aromatic N) is 4. The van der Waals surface area contributed by atoms with Gasteiger partial charge in [0.25, 0.3) is 0 Å². The van der Waals surface area contributed by atoms with Gasteiger partial charge >= 0.3 is 6.18 Å². The number of benzene rings is 1. The summed E-state index contributed by atoms with van der Waals surface area (Å²) in [6.45, 7) is 0.990. The molecular weight excluding hydrogens is 461 g/mol. The first-order chi connectivity index (χ1) is 16.4. The number of likely N-dealkylation sites (tertiary alicyclic amines) is 1. The van der Waals surface area contributed by atoms with Crippen LogP contribution in [0.5, 0.6) is 0 Å². The van der Waals surface area contributed by atoms with Crippen LogP contribution in [0.15, 0.2) is 66.9 Å². The van der Waals surface area contributed by atoms with Crippen molar-refractivity contribution >= 4 is 29.0 Å². The molecule has 1 aliphatic rings. The van der Waals surface area contributed by atoms with E-state index in [4.69, 9.17) is 0 Å². The van der Waals surface area contributed by atoms with E-state index in [9.17, 15) is 18.0 Å². The summed E-state index contributed by atoms with van der Waals surface area (Å²) in [6.07, 6.45) is 1.44. The lowest BCUT2D eigenvalue weighted by Crippen LogP contribution is -2.38. The van der Waals surface area contributed by atoms with E-state index in [-0.39, 0.29) is 11.8 Å². The largest absolute Gasteiger partial charge is 0.417 e. The smallest absolute Gasteiger partial charge is 0.338 e. The average molecular weight is 483 g/mol. The molecule has 9 heteroatoms. The predicted molar refractivity (Wildman–Crippen MR) is 125 cm³/mol. The Bertz CT molecular complexity index is 1340. The highest BCUT2D eigenvalue weighted by Gasteiger charge is 2.32.